The zero-order valence-electron chi connectivity index (χ0n) is 12.5. The maximum atomic E-state index is 12.1. The van der Waals surface area contributed by atoms with Gasteiger partial charge in [-0.15, -0.1) is 11.3 Å². The molecule has 23 heavy (non-hydrogen) atoms. The average Bonchev–Trinajstić information content (AvgIpc) is 3.09. The van der Waals surface area contributed by atoms with Crippen LogP contribution in [0.25, 0.3) is 11.3 Å². The fourth-order valence-electron chi connectivity index (χ4n) is 2.14. The first-order chi connectivity index (χ1) is 11.3. The normalized spacial score (nSPS) is 11.9. The van der Waals surface area contributed by atoms with E-state index in [9.17, 15) is 4.79 Å². The summed E-state index contributed by atoms with van der Waals surface area (Å²) in [5.74, 6) is -0.266. The van der Waals surface area contributed by atoms with Crippen molar-refractivity contribution < 1.29 is 9.53 Å². The van der Waals surface area contributed by atoms with Crippen molar-refractivity contribution in [3.05, 3.63) is 71.6 Å². The molecule has 3 aromatic rings. The summed E-state index contributed by atoms with van der Waals surface area (Å²) in [6, 6.07) is 19.6. The molecule has 0 aliphatic heterocycles. The van der Waals surface area contributed by atoms with E-state index in [4.69, 9.17) is 4.74 Å². The lowest BCUT2D eigenvalue weighted by atomic mass is 10.1. The van der Waals surface area contributed by atoms with E-state index in [1.54, 1.807) is 0 Å². The zero-order chi connectivity index (χ0) is 16.1. The van der Waals surface area contributed by atoms with Gasteiger partial charge in [0.2, 0.25) is 0 Å². The molecular formula is C18H15NO2S2. The summed E-state index contributed by atoms with van der Waals surface area (Å²) in [7, 11) is 1.41. The minimum absolute atomic E-state index is 0.266. The Hall–Kier alpha value is -2.11. The topological polar surface area (TPSA) is 39.2 Å². The van der Waals surface area contributed by atoms with Gasteiger partial charge in [-0.2, -0.15) is 0 Å². The summed E-state index contributed by atoms with van der Waals surface area (Å²) in [6.45, 7) is 0. The summed E-state index contributed by atoms with van der Waals surface area (Å²) < 4.78 is 5.80. The first-order valence-electron chi connectivity index (χ1n) is 7.08. The van der Waals surface area contributed by atoms with Crippen molar-refractivity contribution in [2.45, 2.75) is 9.59 Å². The van der Waals surface area contributed by atoms with Crippen LogP contribution >= 0.6 is 23.1 Å². The molecule has 1 aromatic heterocycles. The molecule has 0 fully saturated rings. The van der Waals surface area contributed by atoms with Crippen LogP contribution in [-0.4, -0.2) is 18.1 Å². The van der Waals surface area contributed by atoms with Gasteiger partial charge < -0.3 is 4.74 Å². The number of benzene rings is 2. The Balaban J connectivity index is 1.84. The standard InChI is InChI=1S/C18H15NO2S2/c1-21-17(20)16(14-10-6-3-7-11-14)23-18-19-15(12-22-18)13-8-4-2-5-9-13/h2-12,16H,1H3. The van der Waals surface area contributed by atoms with E-state index in [0.29, 0.717) is 0 Å². The molecule has 116 valence electrons. The molecule has 0 saturated carbocycles. The van der Waals surface area contributed by atoms with Crippen LogP contribution in [0, 0.1) is 0 Å². The third-order valence-electron chi connectivity index (χ3n) is 3.29. The highest BCUT2D eigenvalue weighted by Crippen LogP contribution is 2.39. The van der Waals surface area contributed by atoms with Crippen molar-refractivity contribution in [3.63, 3.8) is 0 Å². The van der Waals surface area contributed by atoms with E-state index < -0.39 is 5.25 Å². The Labute approximate surface area is 143 Å². The second kappa shape index (κ2) is 7.44. The molecule has 0 amide bonds. The number of hydrogen-bond donors (Lipinski definition) is 0. The Morgan fingerprint density at radius 2 is 1.74 bits per heavy atom. The number of hydrogen-bond acceptors (Lipinski definition) is 5. The minimum atomic E-state index is -0.407. The minimum Gasteiger partial charge on any atom is -0.468 e. The monoisotopic (exact) mass is 341 g/mol. The lowest BCUT2D eigenvalue weighted by molar-refractivity contribution is -0.140. The van der Waals surface area contributed by atoms with Crippen molar-refractivity contribution >= 4 is 29.1 Å². The van der Waals surface area contributed by atoms with Gasteiger partial charge in [0, 0.05) is 10.9 Å². The predicted octanol–water partition coefficient (Wildman–Crippen LogP) is 4.82. The quantitative estimate of drug-likeness (QED) is 0.493. The molecule has 0 saturated heterocycles. The lowest BCUT2D eigenvalue weighted by Gasteiger charge is -2.12. The summed E-state index contributed by atoms with van der Waals surface area (Å²) in [5.41, 5.74) is 2.92. The van der Waals surface area contributed by atoms with Crippen molar-refractivity contribution in [2.75, 3.05) is 7.11 Å². The first kappa shape index (κ1) is 15.8. The number of ether oxygens (including phenoxy) is 1. The Bertz CT molecular complexity index is 772. The number of carbonyl (C=O) groups excluding carboxylic acids is 1. The van der Waals surface area contributed by atoms with Crippen LogP contribution in [-0.2, 0) is 9.53 Å². The van der Waals surface area contributed by atoms with Crippen LogP contribution in [0.3, 0.4) is 0 Å². The summed E-state index contributed by atoms with van der Waals surface area (Å²) in [5, 5.41) is 1.60. The molecule has 1 unspecified atom stereocenters. The number of rotatable bonds is 5. The van der Waals surface area contributed by atoms with E-state index in [0.717, 1.165) is 21.2 Å². The van der Waals surface area contributed by atoms with Crippen LogP contribution in [0.1, 0.15) is 10.8 Å². The van der Waals surface area contributed by atoms with E-state index in [1.807, 2.05) is 66.0 Å². The number of esters is 1. The Morgan fingerprint density at radius 1 is 1.09 bits per heavy atom. The Morgan fingerprint density at radius 3 is 2.39 bits per heavy atom. The molecule has 0 bridgehead atoms. The molecule has 0 aliphatic rings. The van der Waals surface area contributed by atoms with Gasteiger partial charge in [0.1, 0.15) is 5.25 Å². The van der Waals surface area contributed by atoms with Gasteiger partial charge in [-0.05, 0) is 5.56 Å². The maximum absolute atomic E-state index is 12.1. The predicted molar refractivity (Wildman–Crippen MR) is 94.6 cm³/mol. The third kappa shape index (κ3) is 3.81. The van der Waals surface area contributed by atoms with Crippen LogP contribution in [0.4, 0.5) is 0 Å². The number of carbonyl (C=O) groups is 1. The van der Waals surface area contributed by atoms with Crippen molar-refractivity contribution in [3.8, 4) is 11.3 Å². The van der Waals surface area contributed by atoms with Gasteiger partial charge in [0.15, 0.2) is 4.34 Å². The van der Waals surface area contributed by atoms with Crippen molar-refractivity contribution in [1.82, 2.24) is 4.98 Å². The largest absolute Gasteiger partial charge is 0.468 e. The smallest absolute Gasteiger partial charge is 0.323 e. The van der Waals surface area contributed by atoms with E-state index in [1.165, 1.54) is 30.2 Å². The molecule has 0 N–H and O–H groups in total. The van der Waals surface area contributed by atoms with Crippen LogP contribution in [0.5, 0.6) is 0 Å². The number of thiazole rings is 1. The lowest BCUT2D eigenvalue weighted by Crippen LogP contribution is -2.10. The highest BCUT2D eigenvalue weighted by Gasteiger charge is 2.24. The molecule has 2 aromatic carbocycles. The average molecular weight is 341 g/mol. The molecular weight excluding hydrogens is 326 g/mol. The molecule has 0 aliphatic carbocycles. The van der Waals surface area contributed by atoms with Crippen molar-refractivity contribution in [1.29, 1.82) is 0 Å². The molecule has 1 heterocycles. The zero-order valence-corrected chi connectivity index (χ0v) is 14.1. The number of thioether (sulfide) groups is 1. The van der Waals surface area contributed by atoms with Crippen LogP contribution in [0.2, 0.25) is 0 Å². The van der Waals surface area contributed by atoms with Gasteiger partial charge >= 0.3 is 5.97 Å². The molecule has 1 atom stereocenters. The number of aromatic nitrogens is 1. The molecule has 5 heteroatoms. The van der Waals surface area contributed by atoms with Crippen LogP contribution < -0.4 is 0 Å². The van der Waals surface area contributed by atoms with Gasteiger partial charge in [0.05, 0.1) is 12.8 Å². The van der Waals surface area contributed by atoms with Crippen LogP contribution in [0.15, 0.2) is 70.4 Å². The van der Waals surface area contributed by atoms with E-state index >= 15 is 0 Å². The fourth-order valence-corrected chi connectivity index (χ4v) is 4.19. The first-order valence-corrected chi connectivity index (χ1v) is 8.84. The third-order valence-corrected chi connectivity index (χ3v) is 5.49. The second-order valence-electron chi connectivity index (χ2n) is 4.80. The summed E-state index contributed by atoms with van der Waals surface area (Å²) in [6.07, 6.45) is 0. The highest BCUT2D eigenvalue weighted by molar-refractivity contribution is 8.01. The molecule has 3 rings (SSSR count). The van der Waals surface area contributed by atoms with Gasteiger partial charge in [0.25, 0.3) is 0 Å². The molecule has 0 radical (unpaired) electrons. The van der Waals surface area contributed by atoms with Gasteiger partial charge in [-0.3, -0.25) is 4.79 Å². The number of methoxy groups -OCH3 is 1. The number of nitrogens with zero attached hydrogens (tertiary/aromatic N) is 1. The van der Waals surface area contributed by atoms with E-state index in [-0.39, 0.29) is 5.97 Å². The fraction of sp³-hybridized carbons (Fsp3) is 0.111. The Kier molecular flexibility index (Phi) is 5.10. The molecule has 3 nitrogen and oxygen atoms in total. The maximum Gasteiger partial charge on any atom is 0.323 e. The summed E-state index contributed by atoms with van der Waals surface area (Å²) >= 11 is 2.96. The van der Waals surface area contributed by atoms with Crippen molar-refractivity contribution in [2.24, 2.45) is 0 Å². The second-order valence-corrected chi connectivity index (χ2v) is 7.01. The SMILES string of the molecule is COC(=O)C(Sc1nc(-c2ccccc2)cs1)c1ccccc1. The van der Waals surface area contributed by atoms with Gasteiger partial charge in [-0.1, -0.05) is 72.4 Å². The summed E-state index contributed by atoms with van der Waals surface area (Å²) in [4.78, 5) is 16.8. The van der Waals surface area contributed by atoms with Gasteiger partial charge in [-0.25, -0.2) is 4.98 Å². The molecule has 0 spiro atoms. The highest BCUT2D eigenvalue weighted by atomic mass is 32.2. The van der Waals surface area contributed by atoms with E-state index in [2.05, 4.69) is 4.98 Å².